The molecule has 3 heterocycles. The maximum absolute atomic E-state index is 14.0. The first kappa shape index (κ1) is 22.0. The van der Waals surface area contributed by atoms with Crippen LogP contribution in [0.4, 0.5) is 31.9 Å². The molecule has 11 heteroatoms. The molecule has 0 spiro atoms. The molecule has 2 aromatic carbocycles. The zero-order chi connectivity index (χ0) is 23.8. The molecule has 0 amide bonds. The summed E-state index contributed by atoms with van der Waals surface area (Å²) in [5.74, 6) is 11.8. The lowest BCUT2D eigenvalue weighted by molar-refractivity contribution is 0.311. The van der Waals surface area contributed by atoms with Gasteiger partial charge in [0.15, 0.2) is 17.5 Å². The van der Waals surface area contributed by atoms with Crippen LogP contribution in [0.5, 0.6) is 0 Å². The second-order valence-electron chi connectivity index (χ2n) is 8.34. The Hall–Kier alpha value is -3.83. The number of fused-ring (bicyclic) bond motifs is 2. The third kappa shape index (κ3) is 3.88. The van der Waals surface area contributed by atoms with Gasteiger partial charge in [-0.05, 0) is 36.9 Å². The van der Waals surface area contributed by atoms with Crippen LogP contribution in [-0.4, -0.2) is 53.9 Å². The van der Waals surface area contributed by atoms with E-state index in [1.807, 2.05) is 29.2 Å². The van der Waals surface area contributed by atoms with E-state index >= 15 is 0 Å². The molecule has 5 rings (SSSR count). The van der Waals surface area contributed by atoms with Crippen LogP contribution >= 0.6 is 0 Å². The number of hydrogen-bond donors (Lipinski definition) is 2. The van der Waals surface area contributed by atoms with Crippen molar-refractivity contribution in [2.75, 3.05) is 48.0 Å². The first-order valence-corrected chi connectivity index (χ1v) is 10.9. The van der Waals surface area contributed by atoms with Gasteiger partial charge < -0.3 is 20.5 Å². The Morgan fingerprint density at radius 3 is 2.44 bits per heavy atom. The molecule has 0 bridgehead atoms. The zero-order valence-corrected chi connectivity index (χ0v) is 18.7. The van der Waals surface area contributed by atoms with E-state index in [1.54, 1.807) is 12.3 Å². The number of likely N-dealkylation sites (N-methyl/N-ethyl adjacent to an activating group) is 1. The molecule has 2 aliphatic heterocycles. The highest BCUT2D eigenvalue weighted by Crippen LogP contribution is 2.40. The van der Waals surface area contributed by atoms with Gasteiger partial charge in [-0.1, -0.05) is 18.2 Å². The molecular weight excluding hydrogens is 440 g/mol. The first-order valence-electron chi connectivity index (χ1n) is 10.9. The molecule has 0 radical (unpaired) electrons. The number of hydrazine groups is 1. The number of halogens is 2. The Morgan fingerprint density at radius 2 is 1.74 bits per heavy atom. The van der Waals surface area contributed by atoms with E-state index in [4.69, 9.17) is 16.7 Å². The van der Waals surface area contributed by atoms with E-state index in [-0.39, 0.29) is 6.54 Å². The van der Waals surface area contributed by atoms with E-state index in [0.29, 0.717) is 34.4 Å². The molecular formula is C23H25F2N9. The summed E-state index contributed by atoms with van der Waals surface area (Å²) in [5.41, 5.74) is 2.45. The van der Waals surface area contributed by atoms with Crippen molar-refractivity contribution in [1.82, 2.24) is 14.9 Å². The summed E-state index contributed by atoms with van der Waals surface area (Å²) in [6.07, 6.45) is 1.66. The average molecular weight is 466 g/mol. The fraction of sp³-hybridized carbons (Fsp3) is 0.261. The maximum atomic E-state index is 14.0. The van der Waals surface area contributed by atoms with Crippen LogP contribution in [0, 0.1) is 11.6 Å². The van der Waals surface area contributed by atoms with E-state index in [0.717, 1.165) is 37.9 Å². The summed E-state index contributed by atoms with van der Waals surface area (Å²) in [4.78, 5) is 15.8. The molecule has 0 saturated carbocycles. The number of benzene rings is 2. The monoisotopic (exact) mass is 465 g/mol. The molecule has 4 N–H and O–H groups in total. The molecule has 3 aromatic rings. The molecule has 0 atom stereocenters. The van der Waals surface area contributed by atoms with Crippen molar-refractivity contribution in [2.45, 2.75) is 6.54 Å². The summed E-state index contributed by atoms with van der Waals surface area (Å²) in [6.45, 7) is 3.58. The van der Waals surface area contributed by atoms with Gasteiger partial charge in [-0.25, -0.2) is 19.6 Å². The van der Waals surface area contributed by atoms with Crippen molar-refractivity contribution in [3.63, 3.8) is 0 Å². The van der Waals surface area contributed by atoms with Gasteiger partial charge in [0.05, 0.1) is 16.9 Å². The molecule has 1 aromatic heterocycles. The topological polar surface area (TPSA) is 103 Å². The number of aromatic nitrogens is 2. The lowest BCUT2D eigenvalue weighted by Gasteiger charge is -2.33. The third-order valence-electron chi connectivity index (χ3n) is 6.15. The normalized spacial score (nSPS) is 17.5. The van der Waals surface area contributed by atoms with Crippen LogP contribution in [0.15, 0.2) is 53.8 Å². The van der Waals surface area contributed by atoms with E-state index < -0.39 is 11.6 Å². The number of piperazine rings is 1. The van der Waals surface area contributed by atoms with Crippen LogP contribution in [0.2, 0.25) is 0 Å². The van der Waals surface area contributed by atoms with Gasteiger partial charge in [-0.2, -0.15) is 10.1 Å². The Kier molecular flexibility index (Phi) is 5.72. The van der Waals surface area contributed by atoms with Gasteiger partial charge in [0.1, 0.15) is 5.82 Å². The van der Waals surface area contributed by atoms with Crippen LogP contribution in [0.3, 0.4) is 0 Å². The largest absolute Gasteiger partial charge is 0.338 e. The van der Waals surface area contributed by atoms with Crippen LogP contribution in [0.25, 0.3) is 0 Å². The summed E-state index contributed by atoms with van der Waals surface area (Å²) >= 11 is 0. The standard InChI is InChI=1S/C23H25F2N9/c1-31-8-10-32(11-9-31)23-28-13-16-21(29-23)33(14-15-6-7-17(24)18(25)12-15)19-4-2-3-5-20(19)34(27)22(16)30-26/h2-7,12-13H,8-11,14,26-27H2,1H3/b30-22-. The van der Waals surface area contributed by atoms with Crippen LogP contribution < -0.4 is 26.5 Å². The fourth-order valence-corrected chi connectivity index (χ4v) is 4.25. The predicted molar refractivity (Wildman–Crippen MR) is 128 cm³/mol. The van der Waals surface area contributed by atoms with Gasteiger partial charge >= 0.3 is 0 Å². The molecule has 9 nitrogen and oxygen atoms in total. The number of anilines is 4. The highest BCUT2D eigenvalue weighted by atomic mass is 19.2. The number of nitrogens with zero attached hydrogens (tertiary/aromatic N) is 7. The average Bonchev–Trinajstić information content (AvgIpc) is 2.94. The van der Waals surface area contributed by atoms with Crippen molar-refractivity contribution < 1.29 is 8.78 Å². The van der Waals surface area contributed by atoms with E-state index in [2.05, 4.69) is 26.9 Å². The van der Waals surface area contributed by atoms with Crippen molar-refractivity contribution in [3.8, 4) is 0 Å². The molecule has 176 valence electrons. The minimum atomic E-state index is -0.911. The van der Waals surface area contributed by atoms with Crippen molar-refractivity contribution in [3.05, 3.63) is 71.4 Å². The second kappa shape index (κ2) is 8.84. The lowest BCUT2D eigenvalue weighted by atomic mass is 10.1. The summed E-state index contributed by atoms with van der Waals surface area (Å²) < 4.78 is 27.6. The molecule has 1 fully saturated rings. The van der Waals surface area contributed by atoms with Gasteiger partial charge in [0.2, 0.25) is 5.95 Å². The number of hydrogen-bond acceptors (Lipinski definition) is 8. The Balaban J connectivity index is 1.66. The lowest BCUT2D eigenvalue weighted by Crippen LogP contribution is -2.45. The number of rotatable bonds is 3. The minimum Gasteiger partial charge on any atom is -0.338 e. The summed E-state index contributed by atoms with van der Waals surface area (Å²) in [6, 6.07) is 11.3. The highest BCUT2D eigenvalue weighted by Gasteiger charge is 2.31. The van der Waals surface area contributed by atoms with Gasteiger partial charge in [-0.3, -0.25) is 5.01 Å². The van der Waals surface area contributed by atoms with Crippen molar-refractivity contribution in [1.29, 1.82) is 0 Å². The smallest absolute Gasteiger partial charge is 0.227 e. The molecule has 0 unspecified atom stereocenters. The van der Waals surface area contributed by atoms with E-state index in [1.165, 1.54) is 11.1 Å². The second-order valence-corrected chi connectivity index (χ2v) is 8.34. The van der Waals surface area contributed by atoms with Gasteiger partial charge in [0, 0.05) is 38.9 Å². The number of amidine groups is 1. The van der Waals surface area contributed by atoms with E-state index in [9.17, 15) is 8.78 Å². The van der Waals surface area contributed by atoms with Gasteiger partial charge in [-0.15, -0.1) is 0 Å². The number of nitrogens with two attached hydrogens (primary N) is 2. The summed E-state index contributed by atoms with van der Waals surface area (Å²) in [7, 11) is 2.08. The van der Waals surface area contributed by atoms with Gasteiger partial charge in [0.25, 0.3) is 0 Å². The van der Waals surface area contributed by atoms with Crippen molar-refractivity contribution in [2.24, 2.45) is 16.8 Å². The quantitative estimate of drug-likeness (QED) is 0.448. The third-order valence-corrected chi connectivity index (χ3v) is 6.15. The summed E-state index contributed by atoms with van der Waals surface area (Å²) in [5, 5.41) is 5.32. The first-order chi connectivity index (χ1) is 16.5. The number of para-hydroxylation sites is 2. The highest BCUT2D eigenvalue weighted by molar-refractivity contribution is 6.15. The number of hydrazone groups is 1. The molecule has 0 aliphatic carbocycles. The Labute approximate surface area is 195 Å². The fourth-order valence-electron chi connectivity index (χ4n) is 4.25. The molecule has 34 heavy (non-hydrogen) atoms. The van der Waals surface area contributed by atoms with Crippen LogP contribution in [-0.2, 0) is 6.54 Å². The Morgan fingerprint density at radius 1 is 1.00 bits per heavy atom. The minimum absolute atomic E-state index is 0.214. The van der Waals surface area contributed by atoms with Crippen molar-refractivity contribution >= 4 is 29.0 Å². The SMILES string of the molecule is CN1CCN(c2ncc3c(n2)N(Cc2ccc(F)c(F)c2)c2ccccc2N(N)/C3=N\N)CC1. The zero-order valence-electron chi connectivity index (χ0n) is 18.7. The maximum Gasteiger partial charge on any atom is 0.227 e. The molecule has 1 saturated heterocycles. The molecule has 2 aliphatic rings. The van der Waals surface area contributed by atoms with Crippen LogP contribution in [0.1, 0.15) is 11.1 Å². The predicted octanol–water partition coefficient (Wildman–Crippen LogP) is 2.16. The Bertz CT molecular complexity index is 1240.